The number of hydrogen-bond donors (Lipinski definition) is 2. The van der Waals surface area contributed by atoms with Crippen molar-refractivity contribution in [1.29, 1.82) is 0 Å². The molecule has 3 rings (SSSR count). The highest BCUT2D eigenvalue weighted by atomic mass is 16.7. The molecule has 1 aromatic carbocycles. The number of allylic oxidation sites excluding steroid dienone is 1. The summed E-state index contributed by atoms with van der Waals surface area (Å²) in [6, 6.07) is 10.4. The number of aliphatic hydroxyl groups excluding tert-OH is 1. The Balaban J connectivity index is 1.66. The van der Waals surface area contributed by atoms with Gasteiger partial charge in [-0.2, -0.15) is 0 Å². The molecule has 1 aromatic rings. The van der Waals surface area contributed by atoms with Gasteiger partial charge in [0, 0.05) is 25.0 Å². The number of unbranched alkanes of at least 4 members (excludes halogenated alkanes) is 1. The topological polar surface area (TPSA) is 67.8 Å². The number of carbonyl (C=O) groups excluding carboxylic acids is 1. The molecule has 0 radical (unpaired) electrons. The van der Waals surface area contributed by atoms with E-state index in [4.69, 9.17) is 14.6 Å². The standard InChI is InChI=1S/C22H31NO4/c24-13-7-8-14-26-21-16-18(17-9-3-1-4-10-17)15-20(27-21)22(25)23-19-11-5-2-6-12-19/h1,3-4,9-10,15,18-19,21,24H,2,5-8,11-14,16H2,(H,23,25)/t18-,21+/m1/s1. The highest BCUT2D eigenvalue weighted by molar-refractivity contribution is 5.92. The number of ether oxygens (including phenoxy) is 2. The molecule has 5 heteroatoms. The van der Waals surface area contributed by atoms with Crippen LogP contribution in [0.3, 0.4) is 0 Å². The summed E-state index contributed by atoms with van der Waals surface area (Å²) in [5.74, 6) is 0.328. The van der Waals surface area contributed by atoms with Crippen LogP contribution in [0.15, 0.2) is 42.2 Å². The zero-order valence-electron chi connectivity index (χ0n) is 15.9. The number of carbonyl (C=O) groups is 1. The van der Waals surface area contributed by atoms with Crippen LogP contribution in [0.5, 0.6) is 0 Å². The maximum absolute atomic E-state index is 12.8. The molecule has 2 aliphatic rings. The van der Waals surface area contributed by atoms with Crippen molar-refractivity contribution < 1.29 is 19.4 Å². The van der Waals surface area contributed by atoms with E-state index in [1.54, 1.807) is 0 Å². The van der Waals surface area contributed by atoms with E-state index in [0.29, 0.717) is 25.2 Å². The Morgan fingerprint density at radius 2 is 1.93 bits per heavy atom. The molecule has 1 amide bonds. The molecule has 0 saturated heterocycles. The Labute approximate surface area is 161 Å². The summed E-state index contributed by atoms with van der Waals surface area (Å²) in [5, 5.41) is 12.1. The van der Waals surface area contributed by atoms with Crippen LogP contribution < -0.4 is 5.32 Å². The van der Waals surface area contributed by atoms with E-state index in [1.807, 2.05) is 24.3 Å². The van der Waals surface area contributed by atoms with Gasteiger partial charge in [0.15, 0.2) is 5.76 Å². The van der Waals surface area contributed by atoms with Crippen molar-refractivity contribution >= 4 is 5.91 Å². The van der Waals surface area contributed by atoms with E-state index in [2.05, 4.69) is 17.4 Å². The minimum atomic E-state index is -0.439. The summed E-state index contributed by atoms with van der Waals surface area (Å²) in [4.78, 5) is 12.8. The van der Waals surface area contributed by atoms with Gasteiger partial charge >= 0.3 is 0 Å². The first-order chi connectivity index (χ1) is 13.3. The van der Waals surface area contributed by atoms with Gasteiger partial charge in [-0.1, -0.05) is 49.6 Å². The zero-order chi connectivity index (χ0) is 18.9. The molecule has 0 unspecified atom stereocenters. The summed E-state index contributed by atoms with van der Waals surface area (Å²) in [5.41, 5.74) is 1.16. The van der Waals surface area contributed by atoms with Gasteiger partial charge in [0.2, 0.25) is 6.29 Å². The van der Waals surface area contributed by atoms with Crippen LogP contribution in [0.25, 0.3) is 0 Å². The van der Waals surface area contributed by atoms with Crippen LogP contribution in [0.1, 0.15) is 62.8 Å². The maximum Gasteiger partial charge on any atom is 0.286 e. The van der Waals surface area contributed by atoms with Crippen molar-refractivity contribution in [3.05, 3.63) is 47.7 Å². The number of benzene rings is 1. The lowest BCUT2D eigenvalue weighted by Gasteiger charge is -2.30. The third-order valence-corrected chi connectivity index (χ3v) is 5.31. The first-order valence-corrected chi connectivity index (χ1v) is 10.2. The van der Waals surface area contributed by atoms with Crippen LogP contribution in [-0.4, -0.2) is 36.6 Å². The molecule has 1 saturated carbocycles. The van der Waals surface area contributed by atoms with Crippen molar-refractivity contribution in [1.82, 2.24) is 5.32 Å². The van der Waals surface area contributed by atoms with Gasteiger partial charge in [0.05, 0.1) is 6.61 Å². The second kappa shape index (κ2) is 10.5. The average Bonchev–Trinajstić information content (AvgIpc) is 2.72. The van der Waals surface area contributed by atoms with E-state index in [9.17, 15) is 4.79 Å². The molecule has 1 aliphatic carbocycles. The molecule has 0 bridgehead atoms. The van der Waals surface area contributed by atoms with Gasteiger partial charge in [-0.25, -0.2) is 0 Å². The Morgan fingerprint density at radius 1 is 1.15 bits per heavy atom. The van der Waals surface area contributed by atoms with Crippen molar-refractivity contribution in [3.8, 4) is 0 Å². The third kappa shape index (κ3) is 6.08. The van der Waals surface area contributed by atoms with E-state index in [1.165, 1.54) is 19.3 Å². The van der Waals surface area contributed by atoms with Gasteiger partial charge in [0.1, 0.15) is 0 Å². The van der Waals surface area contributed by atoms with Crippen molar-refractivity contribution in [2.45, 2.75) is 69.6 Å². The zero-order valence-corrected chi connectivity index (χ0v) is 15.9. The smallest absolute Gasteiger partial charge is 0.286 e. The second-order valence-electron chi connectivity index (χ2n) is 7.44. The summed E-state index contributed by atoms with van der Waals surface area (Å²) < 4.78 is 11.7. The van der Waals surface area contributed by atoms with Gasteiger partial charge < -0.3 is 19.9 Å². The summed E-state index contributed by atoms with van der Waals surface area (Å²) >= 11 is 0. The third-order valence-electron chi connectivity index (χ3n) is 5.31. The first-order valence-electron chi connectivity index (χ1n) is 10.2. The molecule has 27 heavy (non-hydrogen) atoms. The molecule has 0 aromatic heterocycles. The number of nitrogens with one attached hydrogen (secondary N) is 1. The number of rotatable bonds is 8. The number of amides is 1. The normalized spacial score (nSPS) is 23.4. The fraction of sp³-hybridized carbons (Fsp3) is 0.591. The number of aliphatic hydroxyl groups is 1. The van der Waals surface area contributed by atoms with Gasteiger partial charge in [0.25, 0.3) is 5.91 Å². The Kier molecular flexibility index (Phi) is 7.72. The lowest BCUT2D eigenvalue weighted by molar-refractivity contribution is -0.147. The largest absolute Gasteiger partial charge is 0.459 e. The van der Waals surface area contributed by atoms with E-state index in [0.717, 1.165) is 24.8 Å². The Hall–Kier alpha value is -1.85. The predicted octanol–water partition coefficient (Wildman–Crippen LogP) is 3.64. The van der Waals surface area contributed by atoms with E-state index >= 15 is 0 Å². The van der Waals surface area contributed by atoms with Crippen LogP contribution in [-0.2, 0) is 14.3 Å². The summed E-state index contributed by atoms with van der Waals surface area (Å²) in [7, 11) is 0. The van der Waals surface area contributed by atoms with Gasteiger partial charge in [-0.3, -0.25) is 4.79 Å². The maximum atomic E-state index is 12.8. The fourth-order valence-corrected chi connectivity index (χ4v) is 3.78. The number of hydrogen-bond acceptors (Lipinski definition) is 4. The molecular formula is C22H31NO4. The molecule has 1 heterocycles. The molecule has 2 N–H and O–H groups in total. The van der Waals surface area contributed by atoms with Crippen LogP contribution in [0, 0.1) is 0 Å². The van der Waals surface area contributed by atoms with Crippen molar-refractivity contribution in [2.24, 2.45) is 0 Å². The molecule has 5 nitrogen and oxygen atoms in total. The Morgan fingerprint density at radius 3 is 2.67 bits per heavy atom. The lowest BCUT2D eigenvalue weighted by Crippen LogP contribution is -2.39. The van der Waals surface area contributed by atoms with E-state index in [-0.39, 0.29) is 24.5 Å². The molecular weight excluding hydrogens is 342 g/mol. The van der Waals surface area contributed by atoms with Gasteiger partial charge in [-0.05, 0) is 37.3 Å². The SMILES string of the molecule is O=C(NC1CCCCC1)C1=C[C@@H](c2ccccc2)C[C@@H](OCCCCO)O1. The Bertz CT molecular complexity index is 610. The second-order valence-corrected chi connectivity index (χ2v) is 7.44. The molecule has 1 aliphatic heterocycles. The minimum absolute atomic E-state index is 0.0925. The average molecular weight is 373 g/mol. The molecule has 0 spiro atoms. The summed E-state index contributed by atoms with van der Waals surface area (Å²) in [6.45, 7) is 0.681. The van der Waals surface area contributed by atoms with Crippen molar-refractivity contribution in [2.75, 3.05) is 13.2 Å². The molecule has 1 fully saturated rings. The monoisotopic (exact) mass is 373 g/mol. The van der Waals surface area contributed by atoms with Crippen LogP contribution in [0.4, 0.5) is 0 Å². The predicted molar refractivity (Wildman–Crippen MR) is 104 cm³/mol. The highest BCUT2D eigenvalue weighted by Gasteiger charge is 2.29. The van der Waals surface area contributed by atoms with Gasteiger partial charge in [-0.15, -0.1) is 0 Å². The molecule has 148 valence electrons. The lowest BCUT2D eigenvalue weighted by atomic mass is 9.92. The fourth-order valence-electron chi connectivity index (χ4n) is 3.78. The quantitative estimate of drug-likeness (QED) is 0.683. The van der Waals surface area contributed by atoms with Crippen LogP contribution in [0.2, 0.25) is 0 Å². The van der Waals surface area contributed by atoms with E-state index < -0.39 is 6.29 Å². The first kappa shape index (κ1) is 19.9. The van der Waals surface area contributed by atoms with Crippen LogP contribution >= 0.6 is 0 Å². The minimum Gasteiger partial charge on any atom is -0.459 e. The summed E-state index contributed by atoms with van der Waals surface area (Å²) in [6.07, 6.45) is 9.35. The highest BCUT2D eigenvalue weighted by Crippen LogP contribution is 2.31. The van der Waals surface area contributed by atoms with Crippen molar-refractivity contribution in [3.63, 3.8) is 0 Å². The molecule has 2 atom stereocenters.